The first-order valence-corrected chi connectivity index (χ1v) is 18.1. The Morgan fingerprint density at radius 3 is 2.45 bits per heavy atom. The fraction of sp³-hybridized carbons (Fsp3) is 0.679. The lowest BCUT2D eigenvalue weighted by Crippen LogP contribution is -2.52. The van der Waals surface area contributed by atoms with E-state index in [1.807, 2.05) is 21.7 Å². The van der Waals surface area contributed by atoms with Crippen LogP contribution in [0.15, 0.2) is 18.5 Å². The zero-order valence-electron chi connectivity index (χ0n) is 23.7. The molecule has 220 valence electrons. The topological polar surface area (TPSA) is 91.1 Å². The first kappa shape index (κ1) is 28.8. The van der Waals surface area contributed by atoms with E-state index in [4.69, 9.17) is 9.72 Å². The first-order valence-electron chi connectivity index (χ1n) is 14.4. The summed E-state index contributed by atoms with van der Waals surface area (Å²) in [5.74, 6) is 0.0726. The van der Waals surface area contributed by atoms with Crippen LogP contribution >= 0.6 is 0 Å². The second-order valence-corrected chi connectivity index (χ2v) is 18.4. The minimum Gasteiger partial charge on any atom is -0.465 e. The molecule has 0 atom stereocenters. The van der Waals surface area contributed by atoms with Crippen molar-refractivity contribution in [3.8, 4) is 0 Å². The number of nitrogens with zero attached hydrogens (tertiary/aromatic N) is 5. The van der Waals surface area contributed by atoms with Gasteiger partial charge in [0.15, 0.2) is 0 Å². The van der Waals surface area contributed by atoms with Crippen molar-refractivity contribution in [1.82, 2.24) is 19.4 Å². The van der Waals surface area contributed by atoms with Crippen LogP contribution in [0.1, 0.15) is 48.9 Å². The van der Waals surface area contributed by atoms with Gasteiger partial charge in [0.05, 0.1) is 24.5 Å². The lowest BCUT2D eigenvalue weighted by Gasteiger charge is -2.45. The third-order valence-corrected chi connectivity index (χ3v) is 10.1. The van der Waals surface area contributed by atoms with Crippen molar-refractivity contribution < 1.29 is 28.2 Å². The van der Waals surface area contributed by atoms with E-state index in [1.165, 1.54) is 0 Å². The lowest BCUT2D eigenvalue weighted by molar-refractivity contribution is 0.0674. The molecule has 1 aliphatic heterocycles. The van der Waals surface area contributed by atoms with E-state index in [9.17, 15) is 23.5 Å². The molecule has 2 amide bonds. The monoisotopic (exact) mass is 577 g/mol. The van der Waals surface area contributed by atoms with Crippen molar-refractivity contribution in [2.24, 2.45) is 5.92 Å². The third-order valence-electron chi connectivity index (χ3n) is 8.42. The number of carboxylic acid groups (broad SMARTS) is 1. The Bertz CT molecular complexity index is 1220. The number of rotatable bonds is 11. The van der Waals surface area contributed by atoms with Crippen LogP contribution in [-0.2, 0) is 11.5 Å². The molecule has 2 saturated carbocycles. The van der Waals surface area contributed by atoms with Gasteiger partial charge in [-0.25, -0.2) is 18.6 Å². The van der Waals surface area contributed by atoms with E-state index < -0.39 is 27.1 Å². The average Bonchev–Trinajstić information content (AvgIpc) is 3.65. The molecular formula is C28H41F2N5O4Si. The predicted octanol–water partition coefficient (Wildman–Crippen LogP) is 5.53. The Hall–Kier alpha value is -2.73. The van der Waals surface area contributed by atoms with Crippen LogP contribution in [0, 0.1) is 5.92 Å². The molecule has 0 unspecified atom stereocenters. The highest BCUT2D eigenvalue weighted by Crippen LogP contribution is 2.42. The summed E-state index contributed by atoms with van der Waals surface area (Å²) >= 11 is 0. The number of fused-ring (bicyclic) bond motifs is 3. The van der Waals surface area contributed by atoms with Crippen LogP contribution in [0.2, 0.25) is 25.7 Å². The quantitative estimate of drug-likeness (QED) is 0.279. The van der Waals surface area contributed by atoms with E-state index in [-0.39, 0.29) is 30.5 Å². The van der Waals surface area contributed by atoms with Crippen molar-refractivity contribution in [2.45, 2.75) is 89.5 Å². The van der Waals surface area contributed by atoms with Crippen molar-refractivity contribution in [2.75, 3.05) is 31.3 Å². The van der Waals surface area contributed by atoms with Gasteiger partial charge < -0.3 is 29.1 Å². The Morgan fingerprint density at radius 2 is 1.82 bits per heavy atom. The largest absolute Gasteiger partial charge is 0.465 e. The summed E-state index contributed by atoms with van der Waals surface area (Å²) in [6.45, 7) is 7.99. The normalized spacial score (nSPS) is 21.8. The van der Waals surface area contributed by atoms with Crippen molar-refractivity contribution >= 4 is 36.8 Å². The van der Waals surface area contributed by atoms with Gasteiger partial charge in [0.2, 0.25) is 0 Å². The Balaban J connectivity index is 1.35. The maximum Gasteiger partial charge on any atom is 0.407 e. The molecule has 0 bridgehead atoms. The summed E-state index contributed by atoms with van der Waals surface area (Å²) in [5.41, 5.74) is 2.34. The lowest BCUT2D eigenvalue weighted by atomic mass is 9.84. The molecule has 9 nitrogen and oxygen atoms in total. The number of carbonyl (C=O) groups is 2. The predicted molar refractivity (Wildman–Crippen MR) is 152 cm³/mol. The van der Waals surface area contributed by atoms with Gasteiger partial charge in [-0.2, -0.15) is 0 Å². The number of pyridine rings is 1. The second-order valence-electron chi connectivity index (χ2n) is 12.8. The number of alkyl halides is 2. The van der Waals surface area contributed by atoms with Crippen LogP contribution in [0.5, 0.6) is 0 Å². The maximum atomic E-state index is 13.5. The number of anilines is 1. The molecule has 5 rings (SSSR count). The highest BCUT2D eigenvalue weighted by atomic mass is 28.3. The maximum absolute atomic E-state index is 13.5. The van der Waals surface area contributed by atoms with Gasteiger partial charge in [0.25, 0.3) is 12.3 Å². The summed E-state index contributed by atoms with van der Waals surface area (Å²) in [7, 11) is -1.19. The number of halogens is 2. The van der Waals surface area contributed by atoms with Crippen LogP contribution in [0.25, 0.3) is 11.0 Å². The molecule has 0 spiro atoms. The van der Waals surface area contributed by atoms with Crippen molar-refractivity contribution in [3.63, 3.8) is 0 Å². The summed E-state index contributed by atoms with van der Waals surface area (Å²) in [5, 5.41) is 10.3. The molecule has 1 N–H and O–H groups in total. The Labute approximate surface area is 235 Å². The highest BCUT2D eigenvalue weighted by molar-refractivity contribution is 6.76. The van der Waals surface area contributed by atoms with E-state index >= 15 is 0 Å². The molecule has 40 heavy (non-hydrogen) atoms. The minimum atomic E-state index is -2.68. The molecule has 2 aliphatic carbocycles. The summed E-state index contributed by atoms with van der Waals surface area (Å²) in [6, 6.07) is 3.54. The molecule has 0 radical (unpaired) electrons. The Kier molecular flexibility index (Phi) is 8.37. The number of amides is 2. The van der Waals surface area contributed by atoms with Gasteiger partial charge in [-0.15, -0.1) is 0 Å². The molecule has 0 saturated heterocycles. The third kappa shape index (κ3) is 6.43. The molecule has 2 aromatic rings. The highest BCUT2D eigenvalue weighted by Gasteiger charge is 2.42. The molecule has 0 aromatic carbocycles. The van der Waals surface area contributed by atoms with Gasteiger partial charge in [-0.3, -0.25) is 4.79 Å². The number of ether oxygens (including phenoxy) is 1. The molecule has 3 aliphatic rings. The van der Waals surface area contributed by atoms with Crippen LogP contribution in [0.3, 0.4) is 0 Å². The Morgan fingerprint density at radius 1 is 1.15 bits per heavy atom. The van der Waals surface area contributed by atoms with Crippen LogP contribution in [0.4, 0.5) is 19.3 Å². The fourth-order valence-corrected chi connectivity index (χ4v) is 6.76. The van der Waals surface area contributed by atoms with E-state index in [1.54, 1.807) is 6.20 Å². The summed E-state index contributed by atoms with van der Waals surface area (Å²) in [4.78, 5) is 34.9. The average molecular weight is 578 g/mol. The SMILES string of the molecule is C[Si](C)(C)CCOCn1ccc2c3c(cnc21)C(=O)N(C1CC1)CN3[C@H]1CC[C@H](CN(CC(F)F)C(=O)O)CC1. The number of carbonyl (C=O) groups excluding carboxylic acids is 1. The van der Waals surface area contributed by atoms with Crippen LogP contribution < -0.4 is 4.90 Å². The fourth-order valence-electron chi connectivity index (χ4n) is 6.00. The standard InChI is InChI=1S/C28H41F2N5O4Si/c1-40(2,3)13-12-39-18-32-11-10-22-25-23(14-31-26(22)32)27(36)35(21-8-9-21)17-34(25)20-6-4-19(5-7-20)15-33(28(37)38)16-24(29)30/h10-11,14,19-21,24H,4-9,12-13,15-18H2,1-3H3,(H,37,38)/t19-,20-. The molecule has 3 heterocycles. The number of hydrogen-bond donors (Lipinski definition) is 1. The molecule has 2 fully saturated rings. The molecule has 2 aromatic heterocycles. The van der Waals surface area contributed by atoms with E-state index in [0.29, 0.717) is 25.6 Å². The molecular weight excluding hydrogens is 536 g/mol. The minimum absolute atomic E-state index is 0.0278. The molecule has 12 heteroatoms. The van der Waals surface area contributed by atoms with Gasteiger partial charge >= 0.3 is 6.09 Å². The van der Waals surface area contributed by atoms with Crippen molar-refractivity contribution in [3.05, 3.63) is 24.0 Å². The van der Waals surface area contributed by atoms with Gasteiger partial charge in [0, 0.05) is 51.1 Å². The van der Waals surface area contributed by atoms with Gasteiger partial charge in [-0.05, 0) is 56.6 Å². The van der Waals surface area contributed by atoms with Crippen LogP contribution in [-0.4, -0.2) is 89.4 Å². The smallest absolute Gasteiger partial charge is 0.407 e. The van der Waals surface area contributed by atoms with E-state index in [2.05, 4.69) is 24.5 Å². The van der Waals surface area contributed by atoms with Gasteiger partial charge in [0.1, 0.15) is 12.4 Å². The summed E-state index contributed by atoms with van der Waals surface area (Å²) < 4.78 is 33.8. The first-order chi connectivity index (χ1) is 19.0. The van der Waals surface area contributed by atoms with Crippen molar-refractivity contribution in [1.29, 1.82) is 0 Å². The number of aromatic nitrogens is 2. The zero-order chi connectivity index (χ0) is 28.6. The second kappa shape index (κ2) is 11.6. The van der Waals surface area contributed by atoms with Gasteiger partial charge in [-0.1, -0.05) is 19.6 Å². The zero-order valence-corrected chi connectivity index (χ0v) is 24.7. The summed E-state index contributed by atoms with van der Waals surface area (Å²) in [6.07, 6.45) is 4.85. The van der Waals surface area contributed by atoms with E-state index in [0.717, 1.165) is 66.2 Å². The number of hydrogen-bond acceptors (Lipinski definition) is 5.